The Labute approximate surface area is 190 Å². The maximum absolute atomic E-state index is 13.0. The maximum atomic E-state index is 13.0. The monoisotopic (exact) mass is 523 g/mol. The number of rotatable bonds is 5. The van der Waals surface area contributed by atoms with Crippen molar-refractivity contribution < 1.29 is 14.3 Å². The van der Waals surface area contributed by atoms with Gasteiger partial charge in [-0.1, -0.05) is 76.6 Å². The van der Waals surface area contributed by atoms with E-state index >= 15 is 0 Å². The SMILES string of the molecule is O=C(COC(=O)c1cc(-c2ccccc2)nc2c(Br)cc(Br)cc12)c1ccccc1. The number of carbonyl (C=O) groups is 2. The van der Waals surface area contributed by atoms with Crippen LogP contribution in [0, 0.1) is 0 Å². The molecule has 4 aromatic rings. The van der Waals surface area contributed by atoms with E-state index in [4.69, 9.17) is 9.72 Å². The Kier molecular flexibility index (Phi) is 6.06. The van der Waals surface area contributed by atoms with Gasteiger partial charge in [-0.25, -0.2) is 9.78 Å². The zero-order valence-corrected chi connectivity index (χ0v) is 18.8. The fourth-order valence-electron chi connectivity index (χ4n) is 3.09. The molecule has 0 amide bonds. The highest BCUT2D eigenvalue weighted by atomic mass is 79.9. The number of pyridine rings is 1. The molecule has 0 spiro atoms. The van der Waals surface area contributed by atoms with Crippen LogP contribution in [0.25, 0.3) is 22.2 Å². The minimum absolute atomic E-state index is 0.257. The van der Waals surface area contributed by atoms with Crippen LogP contribution in [0.1, 0.15) is 20.7 Å². The van der Waals surface area contributed by atoms with Gasteiger partial charge in [0.25, 0.3) is 0 Å². The maximum Gasteiger partial charge on any atom is 0.339 e. The van der Waals surface area contributed by atoms with E-state index in [1.165, 1.54) is 0 Å². The molecule has 4 rings (SSSR count). The van der Waals surface area contributed by atoms with E-state index < -0.39 is 5.97 Å². The first-order valence-corrected chi connectivity index (χ1v) is 10.7. The summed E-state index contributed by atoms with van der Waals surface area (Å²) in [6, 6.07) is 23.7. The van der Waals surface area contributed by atoms with Crippen molar-refractivity contribution in [3.05, 3.63) is 98.9 Å². The van der Waals surface area contributed by atoms with E-state index in [0.717, 1.165) is 14.5 Å². The van der Waals surface area contributed by atoms with Crippen LogP contribution >= 0.6 is 31.9 Å². The van der Waals surface area contributed by atoms with Crippen LogP contribution in [0.5, 0.6) is 0 Å². The first-order valence-electron chi connectivity index (χ1n) is 9.13. The fraction of sp³-hybridized carbons (Fsp3) is 0.0417. The molecule has 0 aliphatic carbocycles. The molecule has 0 unspecified atom stereocenters. The Bertz CT molecular complexity index is 1240. The van der Waals surface area contributed by atoms with Crippen LogP contribution in [-0.2, 0) is 4.74 Å². The van der Waals surface area contributed by atoms with Gasteiger partial charge in [-0.05, 0) is 34.1 Å². The van der Waals surface area contributed by atoms with E-state index in [-0.39, 0.29) is 12.4 Å². The van der Waals surface area contributed by atoms with Crippen molar-refractivity contribution in [2.24, 2.45) is 0 Å². The third-order valence-electron chi connectivity index (χ3n) is 4.55. The summed E-state index contributed by atoms with van der Waals surface area (Å²) in [4.78, 5) is 30.0. The lowest BCUT2D eigenvalue weighted by Gasteiger charge is -2.11. The van der Waals surface area contributed by atoms with Crippen molar-refractivity contribution >= 4 is 54.5 Å². The number of nitrogens with zero attached hydrogens (tertiary/aromatic N) is 1. The number of hydrogen-bond donors (Lipinski definition) is 0. The van der Waals surface area contributed by atoms with Gasteiger partial charge in [0.15, 0.2) is 12.4 Å². The Morgan fingerprint density at radius 1 is 0.867 bits per heavy atom. The van der Waals surface area contributed by atoms with Crippen LogP contribution in [-0.4, -0.2) is 23.3 Å². The van der Waals surface area contributed by atoms with Gasteiger partial charge in [0.05, 0.1) is 16.8 Å². The number of esters is 1. The highest BCUT2D eigenvalue weighted by molar-refractivity contribution is 9.11. The molecule has 3 aromatic carbocycles. The lowest BCUT2D eigenvalue weighted by atomic mass is 10.0. The van der Waals surface area contributed by atoms with Gasteiger partial charge in [0, 0.05) is 25.5 Å². The van der Waals surface area contributed by atoms with Crippen LogP contribution in [0.3, 0.4) is 0 Å². The van der Waals surface area contributed by atoms with Gasteiger partial charge in [-0.3, -0.25) is 4.79 Å². The highest BCUT2D eigenvalue weighted by Gasteiger charge is 2.19. The molecule has 0 N–H and O–H groups in total. The van der Waals surface area contributed by atoms with E-state index in [2.05, 4.69) is 31.9 Å². The number of halogens is 2. The van der Waals surface area contributed by atoms with Crippen LogP contribution in [0.4, 0.5) is 0 Å². The van der Waals surface area contributed by atoms with Crippen LogP contribution < -0.4 is 0 Å². The standard InChI is InChI=1S/C24H15Br2NO3/c25-17-11-18-19(24(29)30-14-22(28)16-9-5-2-6-10-16)13-21(15-7-3-1-4-8-15)27-23(18)20(26)12-17/h1-13H,14H2. The minimum atomic E-state index is -0.575. The van der Waals surface area contributed by atoms with Crippen molar-refractivity contribution in [1.82, 2.24) is 4.98 Å². The van der Waals surface area contributed by atoms with Gasteiger partial charge >= 0.3 is 5.97 Å². The Morgan fingerprint density at radius 2 is 1.53 bits per heavy atom. The zero-order valence-electron chi connectivity index (χ0n) is 15.6. The third-order valence-corrected chi connectivity index (χ3v) is 5.61. The van der Waals surface area contributed by atoms with Crippen molar-refractivity contribution in [2.45, 2.75) is 0 Å². The number of fused-ring (bicyclic) bond motifs is 1. The minimum Gasteiger partial charge on any atom is -0.454 e. The fourth-order valence-corrected chi connectivity index (χ4v) is 4.41. The lowest BCUT2D eigenvalue weighted by molar-refractivity contribution is 0.0476. The summed E-state index contributed by atoms with van der Waals surface area (Å²) in [5.74, 6) is -0.832. The summed E-state index contributed by atoms with van der Waals surface area (Å²) in [5.41, 5.74) is 3.01. The van der Waals surface area contributed by atoms with Gasteiger partial charge in [-0.2, -0.15) is 0 Å². The Hall–Kier alpha value is -2.83. The molecule has 0 radical (unpaired) electrons. The van der Waals surface area contributed by atoms with Gasteiger partial charge in [0.1, 0.15) is 0 Å². The predicted octanol–water partition coefficient (Wildman–Crippen LogP) is 6.47. The zero-order chi connectivity index (χ0) is 21.1. The number of ketones is 1. The number of hydrogen-bond acceptors (Lipinski definition) is 4. The molecular formula is C24H15Br2NO3. The van der Waals surface area contributed by atoms with Crippen molar-refractivity contribution in [3.8, 4) is 11.3 Å². The molecule has 30 heavy (non-hydrogen) atoms. The number of ether oxygens (including phenoxy) is 1. The smallest absolute Gasteiger partial charge is 0.339 e. The summed E-state index contributed by atoms with van der Waals surface area (Å²) in [5, 5.41) is 0.632. The summed E-state index contributed by atoms with van der Waals surface area (Å²) in [6.07, 6.45) is 0. The van der Waals surface area contributed by atoms with Crippen LogP contribution in [0.15, 0.2) is 87.8 Å². The van der Waals surface area contributed by atoms with Crippen molar-refractivity contribution in [2.75, 3.05) is 6.61 Å². The van der Waals surface area contributed by atoms with E-state index in [0.29, 0.717) is 27.7 Å². The summed E-state index contributed by atoms with van der Waals surface area (Å²) < 4.78 is 6.92. The molecule has 6 heteroatoms. The number of carbonyl (C=O) groups excluding carboxylic acids is 2. The molecule has 148 valence electrons. The molecule has 0 fully saturated rings. The quantitative estimate of drug-likeness (QED) is 0.222. The summed E-state index contributed by atoms with van der Waals surface area (Å²) in [7, 11) is 0. The van der Waals surface area contributed by atoms with Crippen molar-refractivity contribution in [1.29, 1.82) is 0 Å². The van der Waals surface area contributed by atoms with Gasteiger partial charge < -0.3 is 4.74 Å². The topological polar surface area (TPSA) is 56.3 Å². The summed E-state index contributed by atoms with van der Waals surface area (Å²) >= 11 is 6.99. The normalized spacial score (nSPS) is 10.7. The molecule has 4 nitrogen and oxygen atoms in total. The molecular weight excluding hydrogens is 510 g/mol. The molecule has 0 saturated carbocycles. The average Bonchev–Trinajstić information content (AvgIpc) is 2.78. The summed E-state index contributed by atoms with van der Waals surface area (Å²) in [6.45, 7) is -0.331. The molecule has 0 bridgehead atoms. The van der Waals surface area contributed by atoms with E-state index in [9.17, 15) is 9.59 Å². The lowest BCUT2D eigenvalue weighted by Crippen LogP contribution is -2.15. The number of benzene rings is 3. The van der Waals surface area contributed by atoms with Crippen molar-refractivity contribution in [3.63, 3.8) is 0 Å². The van der Waals surface area contributed by atoms with E-state index in [1.807, 2.05) is 48.5 Å². The number of aromatic nitrogens is 1. The molecule has 1 heterocycles. The van der Waals surface area contributed by atoms with Crippen LogP contribution in [0.2, 0.25) is 0 Å². The molecule has 0 aliphatic rings. The van der Waals surface area contributed by atoms with E-state index in [1.54, 1.807) is 30.3 Å². The Balaban J connectivity index is 1.73. The molecule has 0 saturated heterocycles. The second-order valence-corrected chi connectivity index (χ2v) is 8.34. The average molecular weight is 525 g/mol. The first kappa shape index (κ1) is 20.4. The molecule has 0 atom stereocenters. The van der Waals surface area contributed by atoms with Gasteiger partial charge in [0.2, 0.25) is 0 Å². The second kappa shape index (κ2) is 8.90. The highest BCUT2D eigenvalue weighted by Crippen LogP contribution is 2.32. The predicted molar refractivity (Wildman–Crippen MR) is 124 cm³/mol. The third kappa shape index (κ3) is 4.35. The van der Waals surface area contributed by atoms with Gasteiger partial charge in [-0.15, -0.1) is 0 Å². The Morgan fingerprint density at radius 3 is 2.23 bits per heavy atom. The largest absolute Gasteiger partial charge is 0.454 e. The number of Topliss-reactive ketones (excluding diaryl/α,β-unsaturated/α-hetero) is 1. The molecule has 1 aromatic heterocycles. The first-order chi connectivity index (χ1) is 14.5. The molecule has 0 aliphatic heterocycles. The second-order valence-electron chi connectivity index (χ2n) is 6.57.